The van der Waals surface area contributed by atoms with E-state index in [1.54, 1.807) is 11.8 Å². The quantitative estimate of drug-likeness (QED) is 0.510. The Kier molecular flexibility index (Phi) is 5.05. The first kappa shape index (κ1) is 13.9. The molecule has 3 N–H and O–H groups in total. The third-order valence-corrected chi connectivity index (χ3v) is 4.25. The van der Waals surface area contributed by atoms with Crippen LogP contribution in [0, 0.1) is 0 Å². The number of aryl methyl sites for hydroxylation is 1. The van der Waals surface area contributed by atoms with Crippen LogP contribution >= 0.6 is 11.8 Å². The molecule has 0 spiro atoms. The van der Waals surface area contributed by atoms with Crippen molar-refractivity contribution < 1.29 is 5.11 Å². The van der Waals surface area contributed by atoms with E-state index in [4.69, 9.17) is 0 Å². The predicted octanol–water partition coefficient (Wildman–Crippen LogP) is 0.216. The summed E-state index contributed by atoms with van der Waals surface area (Å²) in [5.41, 5.74) is -0.563. The molecule has 0 unspecified atom stereocenters. The van der Waals surface area contributed by atoms with Crippen LogP contribution in [0.15, 0.2) is 17.6 Å². The van der Waals surface area contributed by atoms with Gasteiger partial charge in [-0.1, -0.05) is 11.8 Å². The molecule has 2 heterocycles. The minimum absolute atomic E-state index is 0.563. The molecule has 6 heteroatoms. The van der Waals surface area contributed by atoms with Crippen molar-refractivity contribution in [1.82, 2.24) is 20.2 Å². The van der Waals surface area contributed by atoms with Gasteiger partial charge in [-0.05, 0) is 19.4 Å². The number of rotatable bonds is 6. The van der Waals surface area contributed by atoms with Crippen molar-refractivity contribution in [3.63, 3.8) is 0 Å². The Balaban J connectivity index is 1.60. The van der Waals surface area contributed by atoms with E-state index >= 15 is 0 Å². The number of hydrogen-bond donors (Lipinski definition) is 3. The number of aromatic nitrogens is 2. The van der Waals surface area contributed by atoms with Gasteiger partial charge in [0.2, 0.25) is 0 Å². The zero-order chi connectivity index (χ0) is 12.8. The standard InChI is InChI=1S/C12H22N4OS/c1-16-7-5-15-11(16)18-8-6-14-10-12(17)3-2-4-13-9-12/h5,7,13-14,17H,2-4,6,8-10H2,1H3/t12-/m0/s1. The van der Waals surface area contributed by atoms with Gasteiger partial charge in [0.15, 0.2) is 5.16 Å². The van der Waals surface area contributed by atoms with Crippen LogP contribution in [0.4, 0.5) is 0 Å². The molecule has 1 saturated heterocycles. The summed E-state index contributed by atoms with van der Waals surface area (Å²) in [5.74, 6) is 0.967. The monoisotopic (exact) mass is 270 g/mol. The highest BCUT2D eigenvalue weighted by atomic mass is 32.2. The lowest BCUT2D eigenvalue weighted by Gasteiger charge is -2.32. The molecular formula is C12H22N4OS. The number of imidazole rings is 1. The van der Waals surface area contributed by atoms with E-state index in [-0.39, 0.29) is 0 Å². The highest BCUT2D eigenvalue weighted by Crippen LogP contribution is 2.15. The van der Waals surface area contributed by atoms with Gasteiger partial charge in [0.05, 0.1) is 5.60 Å². The molecule has 2 rings (SSSR count). The van der Waals surface area contributed by atoms with Crippen LogP contribution in [0.5, 0.6) is 0 Å². The Labute approximate surface area is 112 Å². The topological polar surface area (TPSA) is 62.1 Å². The highest BCUT2D eigenvalue weighted by Gasteiger charge is 2.28. The number of thioether (sulfide) groups is 1. The predicted molar refractivity (Wildman–Crippen MR) is 73.9 cm³/mol. The van der Waals surface area contributed by atoms with Crippen molar-refractivity contribution in [3.8, 4) is 0 Å². The largest absolute Gasteiger partial charge is 0.387 e. The van der Waals surface area contributed by atoms with Gasteiger partial charge in [0.1, 0.15) is 0 Å². The molecule has 1 atom stereocenters. The summed E-state index contributed by atoms with van der Waals surface area (Å²) in [6.45, 7) is 3.28. The Bertz CT molecular complexity index is 363. The second kappa shape index (κ2) is 6.56. The first-order valence-electron chi connectivity index (χ1n) is 6.44. The van der Waals surface area contributed by atoms with E-state index in [1.165, 1.54) is 0 Å². The van der Waals surface area contributed by atoms with Gasteiger partial charge < -0.3 is 20.3 Å². The molecule has 5 nitrogen and oxygen atoms in total. The van der Waals surface area contributed by atoms with Gasteiger partial charge in [-0.3, -0.25) is 0 Å². The maximum absolute atomic E-state index is 10.3. The van der Waals surface area contributed by atoms with Crippen molar-refractivity contribution in [1.29, 1.82) is 0 Å². The van der Waals surface area contributed by atoms with Crippen LogP contribution in [0.3, 0.4) is 0 Å². The number of hydrogen-bond acceptors (Lipinski definition) is 5. The Hall–Kier alpha value is -0.560. The van der Waals surface area contributed by atoms with Crippen molar-refractivity contribution in [3.05, 3.63) is 12.4 Å². The van der Waals surface area contributed by atoms with Gasteiger partial charge in [-0.15, -0.1) is 0 Å². The molecule has 18 heavy (non-hydrogen) atoms. The molecule has 0 aliphatic carbocycles. The number of β-amino-alcohol motifs (C(OH)–C–C–N with tert-alkyl or cyclic N) is 1. The van der Waals surface area contributed by atoms with Crippen molar-refractivity contribution in [2.24, 2.45) is 7.05 Å². The summed E-state index contributed by atoms with van der Waals surface area (Å²) in [7, 11) is 2.00. The molecule has 0 bridgehead atoms. The second-order valence-corrected chi connectivity index (χ2v) is 5.91. The first-order chi connectivity index (χ1) is 8.70. The average Bonchev–Trinajstić information content (AvgIpc) is 2.75. The van der Waals surface area contributed by atoms with Crippen LogP contribution in [-0.2, 0) is 7.05 Å². The summed E-state index contributed by atoms with van der Waals surface area (Å²) >= 11 is 1.73. The van der Waals surface area contributed by atoms with E-state index in [0.29, 0.717) is 13.1 Å². The number of nitrogens with zero attached hydrogens (tertiary/aromatic N) is 2. The van der Waals surface area contributed by atoms with Crippen molar-refractivity contribution in [2.75, 3.05) is 31.9 Å². The van der Waals surface area contributed by atoms with Gasteiger partial charge in [-0.25, -0.2) is 4.98 Å². The molecule has 102 valence electrons. The molecule has 0 aromatic carbocycles. The Morgan fingerprint density at radius 2 is 2.56 bits per heavy atom. The summed E-state index contributed by atoms with van der Waals surface area (Å²) < 4.78 is 2.02. The molecule has 1 aliphatic rings. The molecule has 1 fully saturated rings. The lowest BCUT2D eigenvalue weighted by Crippen LogP contribution is -2.52. The third kappa shape index (κ3) is 3.98. The van der Waals surface area contributed by atoms with Crippen LogP contribution in [0.2, 0.25) is 0 Å². The van der Waals surface area contributed by atoms with Gasteiger partial charge in [0.25, 0.3) is 0 Å². The maximum atomic E-state index is 10.3. The smallest absolute Gasteiger partial charge is 0.167 e. The van der Waals surface area contributed by atoms with Crippen molar-refractivity contribution in [2.45, 2.75) is 23.6 Å². The summed E-state index contributed by atoms with van der Waals surface area (Å²) in [5, 5.41) is 17.9. The van der Waals surface area contributed by atoms with E-state index < -0.39 is 5.60 Å². The maximum Gasteiger partial charge on any atom is 0.167 e. The SMILES string of the molecule is Cn1ccnc1SCCNC[C@]1(O)CCCNC1. The summed E-state index contributed by atoms with van der Waals surface area (Å²) in [4.78, 5) is 4.26. The van der Waals surface area contributed by atoms with Gasteiger partial charge >= 0.3 is 0 Å². The summed E-state index contributed by atoms with van der Waals surface area (Å²) in [6, 6.07) is 0. The van der Waals surface area contributed by atoms with E-state index in [9.17, 15) is 5.11 Å². The van der Waals surface area contributed by atoms with Crippen molar-refractivity contribution >= 4 is 11.8 Å². The van der Waals surface area contributed by atoms with Crippen LogP contribution in [0.25, 0.3) is 0 Å². The number of aliphatic hydroxyl groups is 1. The molecule has 1 aliphatic heterocycles. The Morgan fingerprint density at radius 1 is 1.67 bits per heavy atom. The first-order valence-corrected chi connectivity index (χ1v) is 7.42. The molecular weight excluding hydrogens is 248 g/mol. The fourth-order valence-corrected chi connectivity index (χ4v) is 2.96. The van der Waals surface area contributed by atoms with Crippen LogP contribution in [0.1, 0.15) is 12.8 Å². The average molecular weight is 270 g/mol. The normalized spacial score (nSPS) is 24.3. The third-order valence-electron chi connectivity index (χ3n) is 3.19. The molecule has 0 radical (unpaired) electrons. The minimum atomic E-state index is -0.563. The zero-order valence-electron chi connectivity index (χ0n) is 10.9. The number of piperidine rings is 1. The molecule has 1 aromatic heterocycles. The second-order valence-electron chi connectivity index (χ2n) is 4.85. The lowest BCUT2D eigenvalue weighted by atomic mass is 9.94. The van der Waals surface area contributed by atoms with E-state index in [0.717, 1.165) is 36.8 Å². The highest BCUT2D eigenvalue weighted by molar-refractivity contribution is 7.99. The fraction of sp³-hybridized carbons (Fsp3) is 0.750. The zero-order valence-corrected chi connectivity index (χ0v) is 11.7. The molecule has 1 aromatic rings. The van der Waals surface area contributed by atoms with Gasteiger partial charge in [-0.2, -0.15) is 0 Å². The van der Waals surface area contributed by atoms with Crippen LogP contribution in [-0.4, -0.2) is 52.2 Å². The molecule has 0 saturated carbocycles. The Morgan fingerprint density at radius 3 is 3.22 bits per heavy atom. The number of nitrogens with one attached hydrogen (secondary N) is 2. The minimum Gasteiger partial charge on any atom is -0.387 e. The van der Waals surface area contributed by atoms with Gasteiger partial charge in [0, 0.05) is 44.8 Å². The van der Waals surface area contributed by atoms with E-state index in [2.05, 4.69) is 15.6 Å². The van der Waals surface area contributed by atoms with Crippen LogP contribution < -0.4 is 10.6 Å². The molecule has 0 amide bonds. The lowest BCUT2D eigenvalue weighted by molar-refractivity contribution is 0.0177. The fourth-order valence-electron chi connectivity index (χ4n) is 2.13. The van der Waals surface area contributed by atoms with E-state index in [1.807, 2.05) is 24.0 Å². The summed E-state index contributed by atoms with van der Waals surface area (Å²) in [6.07, 6.45) is 5.71.